The summed E-state index contributed by atoms with van der Waals surface area (Å²) in [5, 5.41) is 6.36. The first-order valence-electron chi connectivity index (χ1n) is 7.46. The summed E-state index contributed by atoms with van der Waals surface area (Å²) in [5.41, 5.74) is 2.06. The molecule has 1 saturated heterocycles. The van der Waals surface area contributed by atoms with Gasteiger partial charge in [-0.25, -0.2) is 0 Å². The van der Waals surface area contributed by atoms with Gasteiger partial charge in [0.05, 0.1) is 0 Å². The molecule has 2 unspecified atom stereocenters. The van der Waals surface area contributed by atoms with Gasteiger partial charge in [0.1, 0.15) is 6.10 Å². The summed E-state index contributed by atoms with van der Waals surface area (Å²) in [6, 6.07) is 8.34. The zero-order valence-electron chi connectivity index (χ0n) is 12.3. The third kappa shape index (κ3) is 4.05. The average molecular weight is 276 g/mol. The second-order valence-electron chi connectivity index (χ2n) is 5.29. The van der Waals surface area contributed by atoms with Crippen molar-refractivity contribution in [1.82, 2.24) is 5.32 Å². The summed E-state index contributed by atoms with van der Waals surface area (Å²) in [6.45, 7) is 6.01. The van der Waals surface area contributed by atoms with Crippen molar-refractivity contribution in [3.63, 3.8) is 0 Å². The Morgan fingerprint density at radius 2 is 2.15 bits per heavy atom. The predicted octanol–water partition coefficient (Wildman–Crippen LogP) is 2.86. The molecule has 2 atom stereocenters. The summed E-state index contributed by atoms with van der Waals surface area (Å²) in [6.07, 6.45) is 2.64. The fraction of sp³-hybridized carbons (Fsp3) is 0.562. The predicted molar refractivity (Wildman–Crippen MR) is 80.8 cm³/mol. The van der Waals surface area contributed by atoms with Crippen LogP contribution < -0.4 is 10.6 Å². The zero-order valence-corrected chi connectivity index (χ0v) is 12.3. The number of nitrogens with one attached hydrogen (secondary N) is 2. The minimum absolute atomic E-state index is 0.0348. The van der Waals surface area contributed by atoms with Gasteiger partial charge in [-0.1, -0.05) is 19.1 Å². The van der Waals surface area contributed by atoms with Gasteiger partial charge in [0.2, 0.25) is 0 Å². The maximum Gasteiger partial charge on any atom is 0.253 e. The van der Waals surface area contributed by atoms with Crippen molar-refractivity contribution in [2.45, 2.75) is 45.3 Å². The van der Waals surface area contributed by atoms with Crippen LogP contribution in [0.1, 0.15) is 44.7 Å². The molecule has 0 spiro atoms. The lowest BCUT2D eigenvalue weighted by molar-refractivity contribution is -0.124. The first kappa shape index (κ1) is 15.0. The topological polar surface area (TPSA) is 50.4 Å². The van der Waals surface area contributed by atoms with Crippen LogP contribution in [0.2, 0.25) is 0 Å². The molecule has 1 aromatic carbocycles. The Labute approximate surface area is 120 Å². The minimum Gasteiger partial charge on any atom is -0.368 e. The van der Waals surface area contributed by atoms with Gasteiger partial charge < -0.3 is 15.4 Å². The summed E-state index contributed by atoms with van der Waals surface area (Å²) in [4.78, 5) is 11.9. The highest BCUT2D eigenvalue weighted by Gasteiger charge is 2.23. The molecular weight excluding hydrogens is 252 g/mol. The lowest BCUT2D eigenvalue weighted by Gasteiger charge is -2.15. The number of ether oxygens (including phenoxy) is 1. The molecule has 2 N–H and O–H groups in total. The maximum absolute atomic E-state index is 11.9. The van der Waals surface area contributed by atoms with Crippen molar-refractivity contribution >= 4 is 11.6 Å². The summed E-state index contributed by atoms with van der Waals surface area (Å²) >= 11 is 0. The molecule has 20 heavy (non-hydrogen) atoms. The lowest BCUT2D eigenvalue weighted by atomic mass is 10.1. The SMILES string of the molecule is CCCNC(C)c1ccc(NC(=O)C2CCCO2)cc1. The third-order valence-electron chi connectivity index (χ3n) is 3.60. The first-order chi connectivity index (χ1) is 9.70. The number of carbonyl (C=O) groups is 1. The normalized spacial score (nSPS) is 19.8. The lowest BCUT2D eigenvalue weighted by Crippen LogP contribution is -2.26. The second-order valence-corrected chi connectivity index (χ2v) is 5.29. The Hall–Kier alpha value is -1.39. The van der Waals surface area contributed by atoms with E-state index in [1.807, 2.05) is 12.1 Å². The van der Waals surface area contributed by atoms with Crippen molar-refractivity contribution in [1.29, 1.82) is 0 Å². The van der Waals surface area contributed by atoms with Gasteiger partial charge in [-0.3, -0.25) is 4.79 Å². The van der Waals surface area contributed by atoms with E-state index in [0.29, 0.717) is 12.6 Å². The van der Waals surface area contributed by atoms with Gasteiger partial charge in [0.25, 0.3) is 5.91 Å². The highest BCUT2D eigenvalue weighted by atomic mass is 16.5. The summed E-state index contributed by atoms with van der Waals surface area (Å²) in [5.74, 6) is -0.0348. The van der Waals surface area contributed by atoms with Gasteiger partial charge in [0.15, 0.2) is 0 Å². The number of amides is 1. The van der Waals surface area contributed by atoms with Crippen molar-refractivity contribution in [3.05, 3.63) is 29.8 Å². The molecule has 0 saturated carbocycles. The van der Waals surface area contributed by atoms with Gasteiger partial charge >= 0.3 is 0 Å². The van der Waals surface area contributed by atoms with E-state index in [4.69, 9.17) is 4.74 Å². The molecular formula is C16H24N2O2. The van der Waals surface area contributed by atoms with Gasteiger partial charge in [-0.2, -0.15) is 0 Å². The quantitative estimate of drug-likeness (QED) is 0.840. The van der Waals surface area contributed by atoms with E-state index in [1.165, 1.54) is 5.56 Å². The number of hydrogen-bond acceptors (Lipinski definition) is 3. The van der Waals surface area contributed by atoms with Crippen LogP contribution in [-0.4, -0.2) is 25.2 Å². The van der Waals surface area contributed by atoms with Gasteiger partial charge in [-0.05, 0) is 50.4 Å². The van der Waals surface area contributed by atoms with Crippen molar-refractivity contribution < 1.29 is 9.53 Å². The van der Waals surface area contributed by atoms with Crippen LogP contribution in [0.4, 0.5) is 5.69 Å². The molecule has 0 aliphatic carbocycles. The number of rotatable bonds is 6. The molecule has 0 aromatic heterocycles. The van der Waals surface area contributed by atoms with E-state index in [2.05, 4.69) is 36.6 Å². The molecule has 1 fully saturated rings. The molecule has 110 valence electrons. The Kier molecular flexibility index (Phi) is 5.56. The van der Waals surface area contributed by atoms with Crippen LogP contribution in [0, 0.1) is 0 Å². The first-order valence-corrected chi connectivity index (χ1v) is 7.46. The largest absolute Gasteiger partial charge is 0.368 e. The smallest absolute Gasteiger partial charge is 0.253 e. The highest BCUT2D eigenvalue weighted by molar-refractivity contribution is 5.94. The van der Waals surface area contributed by atoms with E-state index < -0.39 is 0 Å². The molecule has 0 bridgehead atoms. The average Bonchev–Trinajstić information content (AvgIpc) is 3.00. The van der Waals surface area contributed by atoms with Gasteiger partial charge in [-0.15, -0.1) is 0 Å². The van der Waals surface area contributed by atoms with Crippen LogP contribution in [0.5, 0.6) is 0 Å². The monoisotopic (exact) mass is 276 g/mol. The molecule has 1 amide bonds. The number of anilines is 1. The molecule has 1 aromatic rings. The Balaban J connectivity index is 1.89. The molecule has 4 nitrogen and oxygen atoms in total. The third-order valence-corrected chi connectivity index (χ3v) is 3.60. The number of hydrogen-bond donors (Lipinski definition) is 2. The van der Waals surface area contributed by atoms with E-state index in [-0.39, 0.29) is 12.0 Å². The van der Waals surface area contributed by atoms with Crippen LogP contribution in [0.15, 0.2) is 24.3 Å². The van der Waals surface area contributed by atoms with Crippen molar-refractivity contribution in [2.24, 2.45) is 0 Å². The molecule has 1 heterocycles. The van der Waals surface area contributed by atoms with Crippen LogP contribution >= 0.6 is 0 Å². The second kappa shape index (κ2) is 7.41. The van der Waals surface area contributed by atoms with Crippen molar-refractivity contribution in [3.8, 4) is 0 Å². The van der Waals surface area contributed by atoms with Crippen LogP contribution in [0.25, 0.3) is 0 Å². The van der Waals surface area contributed by atoms with E-state index >= 15 is 0 Å². The van der Waals surface area contributed by atoms with E-state index in [0.717, 1.165) is 31.5 Å². The minimum atomic E-state index is -0.278. The standard InChI is InChI=1S/C16H24N2O2/c1-3-10-17-12(2)13-6-8-14(9-7-13)18-16(19)15-5-4-11-20-15/h6-9,12,15,17H,3-5,10-11H2,1-2H3,(H,18,19). The Bertz CT molecular complexity index is 425. The number of benzene rings is 1. The molecule has 1 aliphatic rings. The molecule has 4 heteroatoms. The van der Waals surface area contributed by atoms with Crippen molar-refractivity contribution in [2.75, 3.05) is 18.5 Å². The van der Waals surface area contributed by atoms with E-state index in [1.54, 1.807) is 0 Å². The zero-order chi connectivity index (χ0) is 14.4. The van der Waals surface area contributed by atoms with Crippen LogP contribution in [0.3, 0.4) is 0 Å². The fourth-order valence-electron chi connectivity index (χ4n) is 2.34. The number of carbonyl (C=O) groups excluding carboxylic acids is 1. The van der Waals surface area contributed by atoms with E-state index in [9.17, 15) is 4.79 Å². The molecule has 2 rings (SSSR count). The molecule has 0 radical (unpaired) electrons. The molecule has 1 aliphatic heterocycles. The summed E-state index contributed by atoms with van der Waals surface area (Å²) < 4.78 is 5.37. The van der Waals surface area contributed by atoms with Crippen LogP contribution in [-0.2, 0) is 9.53 Å². The Morgan fingerprint density at radius 3 is 2.75 bits per heavy atom. The summed E-state index contributed by atoms with van der Waals surface area (Å²) in [7, 11) is 0. The highest BCUT2D eigenvalue weighted by Crippen LogP contribution is 2.18. The Morgan fingerprint density at radius 1 is 1.40 bits per heavy atom. The maximum atomic E-state index is 11.9. The fourth-order valence-corrected chi connectivity index (χ4v) is 2.34. The van der Waals surface area contributed by atoms with Gasteiger partial charge in [0, 0.05) is 18.3 Å².